The van der Waals surface area contributed by atoms with E-state index in [2.05, 4.69) is 50.7 Å². The molecular formula is C26H25Br2NO4. The third-order valence-corrected chi connectivity index (χ3v) is 6.98. The molecule has 5 nitrogen and oxygen atoms in total. The molecule has 1 heterocycles. The first-order chi connectivity index (χ1) is 15.8. The lowest BCUT2D eigenvalue weighted by Crippen LogP contribution is -2.05. The second-order valence-corrected chi connectivity index (χ2v) is 9.92. The molecule has 1 unspecified atom stereocenters. The average molecular weight is 575 g/mol. The van der Waals surface area contributed by atoms with Gasteiger partial charge in [0.25, 0.3) is 0 Å². The predicted octanol–water partition coefficient (Wildman–Crippen LogP) is 7.65. The van der Waals surface area contributed by atoms with Crippen LogP contribution in [-0.4, -0.2) is 11.0 Å². The van der Waals surface area contributed by atoms with Crippen LogP contribution >= 0.6 is 31.9 Å². The van der Waals surface area contributed by atoms with Gasteiger partial charge in [0.05, 0.1) is 14.6 Å². The first-order valence-electron chi connectivity index (χ1n) is 10.9. The lowest BCUT2D eigenvalue weighted by atomic mass is 10.0. The number of ether oxygens (including phenoxy) is 3. The normalized spacial score (nSPS) is 14.8. The Morgan fingerprint density at radius 2 is 2.00 bits per heavy atom. The van der Waals surface area contributed by atoms with E-state index >= 15 is 0 Å². The standard InChI is InChI=1S/C26H25Br2NO4/c1-15(2)20-12-18(7-9-23(20)31-14-17-6-4-5-11-29-17)33-26-22(27)13-21-19(25(26)28)8-10-24(21)32-16(3)30/h4-7,9,11-13,15,24H,8,10,14H2,1-3H3. The van der Waals surface area contributed by atoms with Crippen molar-refractivity contribution in [2.24, 2.45) is 0 Å². The summed E-state index contributed by atoms with van der Waals surface area (Å²) >= 11 is 7.36. The van der Waals surface area contributed by atoms with Crippen molar-refractivity contribution in [3.63, 3.8) is 0 Å². The van der Waals surface area contributed by atoms with Gasteiger partial charge in [0.2, 0.25) is 0 Å². The highest BCUT2D eigenvalue weighted by atomic mass is 79.9. The van der Waals surface area contributed by atoms with Gasteiger partial charge in [0.15, 0.2) is 5.75 Å². The van der Waals surface area contributed by atoms with Crippen molar-refractivity contribution in [1.29, 1.82) is 0 Å². The highest BCUT2D eigenvalue weighted by Crippen LogP contribution is 2.47. The van der Waals surface area contributed by atoms with Gasteiger partial charge in [-0.15, -0.1) is 0 Å². The van der Waals surface area contributed by atoms with Gasteiger partial charge in [0.1, 0.15) is 24.2 Å². The van der Waals surface area contributed by atoms with Crippen LogP contribution in [0.25, 0.3) is 0 Å². The minimum Gasteiger partial charge on any atom is -0.487 e. The van der Waals surface area contributed by atoms with E-state index in [0.717, 1.165) is 55.7 Å². The van der Waals surface area contributed by atoms with Crippen molar-refractivity contribution in [3.05, 3.63) is 80.0 Å². The summed E-state index contributed by atoms with van der Waals surface area (Å²) in [5.41, 5.74) is 4.06. The van der Waals surface area contributed by atoms with Crippen LogP contribution in [0.4, 0.5) is 0 Å². The number of hydrogen-bond donors (Lipinski definition) is 0. The zero-order valence-electron chi connectivity index (χ0n) is 18.7. The van der Waals surface area contributed by atoms with Crippen LogP contribution in [0.3, 0.4) is 0 Å². The summed E-state index contributed by atoms with van der Waals surface area (Å²) in [5, 5.41) is 0. The van der Waals surface area contributed by atoms with Gasteiger partial charge >= 0.3 is 5.97 Å². The Morgan fingerprint density at radius 3 is 2.70 bits per heavy atom. The lowest BCUT2D eigenvalue weighted by molar-refractivity contribution is -0.146. The molecule has 33 heavy (non-hydrogen) atoms. The van der Waals surface area contributed by atoms with Crippen LogP contribution in [0, 0.1) is 0 Å². The number of carbonyl (C=O) groups is 1. The fourth-order valence-electron chi connectivity index (χ4n) is 3.97. The van der Waals surface area contributed by atoms with E-state index < -0.39 is 0 Å². The highest BCUT2D eigenvalue weighted by Gasteiger charge is 2.30. The summed E-state index contributed by atoms with van der Waals surface area (Å²) in [6, 6.07) is 13.7. The molecule has 0 N–H and O–H groups in total. The molecule has 3 aromatic rings. The van der Waals surface area contributed by atoms with Crippen molar-refractivity contribution in [2.75, 3.05) is 0 Å². The maximum Gasteiger partial charge on any atom is 0.303 e. The van der Waals surface area contributed by atoms with Gasteiger partial charge in [-0.2, -0.15) is 0 Å². The lowest BCUT2D eigenvalue weighted by Gasteiger charge is -2.18. The highest BCUT2D eigenvalue weighted by molar-refractivity contribution is 9.11. The monoisotopic (exact) mass is 573 g/mol. The molecule has 1 atom stereocenters. The minimum absolute atomic E-state index is 0.220. The molecule has 172 valence electrons. The van der Waals surface area contributed by atoms with Crippen molar-refractivity contribution in [3.8, 4) is 17.2 Å². The minimum atomic E-state index is -0.271. The van der Waals surface area contributed by atoms with Gasteiger partial charge < -0.3 is 14.2 Å². The second-order valence-electron chi connectivity index (χ2n) is 8.27. The Kier molecular flexibility index (Phi) is 7.39. The summed E-state index contributed by atoms with van der Waals surface area (Å²) in [7, 11) is 0. The molecular weight excluding hydrogens is 550 g/mol. The Morgan fingerprint density at radius 1 is 1.18 bits per heavy atom. The molecule has 7 heteroatoms. The van der Waals surface area contributed by atoms with E-state index in [1.807, 2.05) is 42.5 Å². The Bertz CT molecular complexity index is 1160. The van der Waals surface area contributed by atoms with Crippen LogP contribution in [0.5, 0.6) is 17.2 Å². The van der Waals surface area contributed by atoms with Gasteiger partial charge in [-0.1, -0.05) is 19.9 Å². The van der Waals surface area contributed by atoms with Crippen LogP contribution in [0.2, 0.25) is 0 Å². The molecule has 0 spiro atoms. The van der Waals surface area contributed by atoms with Crippen LogP contribution in [0.15, 0.2) is 57.6 Å². The Balaban J connectivity index is 1.58. The van der Waals surface area contributed by atoms with Crippen molar-refractivity contribution in [1.82, 2.24) is 4.98 Å². The number of benzene rings is 2. The van der Waals surface area contributed by atoms with E-state index in [-0.39, 0.29) is 18.0 Å². The fourth-order valence-corrected chi connectivity index (χ4v) is 5.49. The number of hydrogen-bond acceptors (Lipinski definition) is 5. The van der Waals surface area contributed by atoms with Crippen LogP contribution in [0.1, 0.15) is 61.6 Å². The summed E-state index contributed by atoms with van der Waals surface area (Å²) < 4.78 is 19.5. The van der Waals surface area contributed by atoms with Crippen LogP contribution < -0.4 is 9.47 Å². The van der Waals surface area contributed by atoms with Crippen molar-refractivity contribution in [2.45, 2.75) is 52.2 Å². The summed E-state index contributed by atoms with van der Waals surface area (Å²) in [4.78, 5) is 15.8. The largest absolute Gasteiger partial charge is 0.487 e. The van der Waals surface area contributed by atoms with Gasteiger partial charge in [-0.25, -0.2) is 0 Å². The molecule has 0 aliphatic heterocycles. The van der Waals surface area contributed by atoms with E-state index in [1.165, 1.54) is 6.92 Å². The number of carbonyl (C=O) groups excluding carboxylic acids is 1. The molecule has 0 saturated heterocycles. The zero-order valence-corrected chi connectivity index (χ0v) is 21.9. The Labute approximate surface area is 210 Å². The predicted molar refractivity (Wildman–Crippen MR) is 134 cm³/mol. The van der Waals surface area contributed by atoms with Crippen molar-refractivity contribution < 1.29 is 19.0 Å². The van der Waals surface area contributed by atoms with Crippen LogP contribution in [-0.2, 0) is 22.6 Å². The second kappa shape index (κ2) is 10.3. The zero-order chi connectivity index (χ0) is 23.5. The molecule has 0 bridgehead atoms. The van der Waals surface area contributed by atoms with Gasteiger partial charge in [-0.3, -0.25) is 9.78 Å². The molecule has 4 rings (SSSR count). The number of pyridine rings is 1. The smallest absolute Gasteiger partial charge is 0.303 e. The topological polar surface area (TPSA) is 57.7 Å². The summed E-state index contributed by atoms with van der Waals surface area (Å²) in [5.74, 6) is 2.23. The number of nitrogens with zero attached hydrogens (tertiary/aromatic N) is 1. The summed E-state index contributed by atoms with van der Waals surface area (Å²) in [6.45, 7) is 6.11. The van der Waals surface area contributed by atoms with E-state index in [4.69, 9.17) is 14.2 Å². The maximum atomic E-state index is 11.4. The SMILES string of the molecule is CC(=O)OC1CCc2c1cc(Br)c(Oc1ccc(OCc3ccccn3)c(C(C)C)c1)c2Br. The first-order valence-corrected chi connectivity index (χ1v) is 12.4. The number of esters is 1. The molecule has 1 aliphatic carbocycles. The number of aromatic nitrogens is 1. The third kappa shape index (κ3) is 5.41. The quantitative estimate of drug-likeness (QED) is 0.271. The average Bonchev–Trinajstić information content (AvgIpc) is 3.18. The first kappa shape index (κ1) is 23.8. The number of fused-ring (bicyclic) bond motifs is 1. The molecule has 1 aliphatic rings. The van der Waals surface area contributed by atoms with E-state index in [1.54, 1.807) is 6.20 Å². The number of halogens is 2. The molecule has 0 radical (unpaired) electrons. The molecule has 1 aromatic heterocycles. The summed E-state index contributed by atoms with van der Waals surface area (Å²) in [6.07, 6.45) is 3.13. The third-order valence-electron chi connectivity index (χ3n) is 5.55. The Hall–Kier alpha value is -2.38. The maximum absolute atomic E-state index is 11.4. The number of rotatable bonds is 7. The molecule has 0 amide bonds. The molecule has 0 fully saturated rings. The molecule has 2 aromatic carbocycles. The fraction of sp³-hybridized carbons (Fsp3) is 0.308. The van der Waals surface area contributed by atoms with Crippen molar-refractivity contribution >= 4 is 37.8 Å². The van der Waals surface area contributed by atoms with Gasteiger partial charge in [-0.05, 0) is 98.1 Å². The van der Waals surface area contributed by atoms with E-state index in [0.29, 0.717) is 12.4 Å². The van der Waals surface area contributed by atoms with Gasteiger partial charge in [0, 0.05) is 18.7 Å². The molecule has 0 saturated carbocycles. The van der Waals surface area contributed by atoms with E-state index in [9.17, 15) is 4.79 Å².